The Kier molecular flexibility index (Phi) is 3.14. The van der Waals surface area contributed by atoms with Crippen LogP contribution in [0.3, 0.4) is 0 Å². The van der Waals surface area contributed by atoms with E-state index in [2.05, 4.69) is 0 Å². The van der Waals surface area contributed by atoms with E-state index >= 15 is 0 Å². The number of ether oxygens (including phenoxy) is 1. The smallest absolute Gasteiger partial charge is 0.410 e. The minimum absolute atomic E-state index is 0.00620. The predicted molar refractivity (Wildman–Crippen MR) is 55.0 cm³/mol. The summed E-state index contributed by atoms with van der Waals surface area (Å²) in [5.74, 6) is -1.09. The van der Waals surface area contributed by atoms with Crippen LogP contribution in [0.25, 0.3) is 0 Å². The first kappa shape index (κ1) is 12.8. The maximum atomic E-state index is 11.5. The quantitative estimate of drug-likeness (QED) is 0.713. The Morgan fingerprint density at radius 1 is 1.38 bits per heavy atom. The molecule has 2 N–H and O–H groups in total. The number of aliphatic carboxylic acids is 1. The number of hydrogen-bond acceptors (Lipinski definition) is 4. The number of carbonyl (C=O) groups is 2. The zero-order chi connectivity index (χ0) is 12.6. The van der Waals surface area contributed by atoms with Gasteiger partial charge in [0.05, 0.1) is 6.61 Å². The highest BCUT2D eigenvalue weighted by Gasteiger charge is 2.52. The number of carboxylic acids is 1. The summed E-state index contributed by atoms with van der Waals surface area (Å²) in [4.78, 5) is 23.6. The largest absolute Gasteiger partial charge is 0.481 e. The summed E-state index contributed by atoms with van der Waals surface area (Å²) in [5.41, 5.74) is -1.81. The zero-order valence-corrected chi connectivity index (χ0v) is 9.69. The zero-order valence-electron chi connectivity index (χ0n) is 9.69. The summed E-state index contributed by atoms with van der Waals surface area (Å²) >= 11 is 0. The van der Waals surface area contributed by atoms with Gasteiger partial charge in [-0.05, 0) is 20.8 Å². The first-order valence-electron chi connectivity index (χ1n) is 5.02. The third-order valence-electron chi connectivity index (χ3n) is 2.40. The molecule has 0 saturated carbocycles. The number of hydrogen-bond donors (Lipinski definition) is 2. The van der Waals surface area contributed by atoms with Gasteiger partial charge in [-0.15, -0.1) is 0 Å². The first-order chi connectivity index (χ1) is 7.20. The van der Waals surface area contributed by atoms with Crippen molar-refractivity contribution < 1.29 is 24.5 Å². The maximum Gasteiger partial charge on any atom is 0.410 e. The lowest BCUT2D eigenvalue weighted by Crippen LogP contribution is -2.64. The molecule has 1 heterocycles. The summed E-state index contributed by atoms with van der Waals surface area (Å²) in [7, 11) is 0. The highest BCUT2D eigenvalue weighted by atomic mass is 16.6. The highest BCUT2D eigenvalue weighted by Crippen LogP contribution is 2.31. The van der Waals surface area contributed by atoms with E-state index in [1.165, 1.54) is 4.90 Å². The van der Waals surface area contributed by atoms with Crippen LogP contribution in [0.1, 0.15) is 20.8 Å². The molecule has 0 aromatic rings. The molecule has 0 radical (unpaired) electrons. The average molecular weight is 231 g/mol. The van der Waals surface area contributed by atoms with Crippen LogP contribution in [-0.2, 0) is 9.53 Å². The molecule has 0 spiro atoms. The van der Waals surface area contributed by atoms with Crippen molar-refractivity contribution in [2.45, 2.75) is 26.4 Å². The predicted octanol–water partition coefficient (Wildman–Crippen LogP) is 0.300. The standard InChI is InChI=1S/C10H17NO5/c1-9(2,3)16-8(15)11-4-10(5-11,6-12)7(13)14/h12H,4-6H2,1-3H3,(H,13,14). The van der Waals surface area contributed by atoms with Crippen molar-refractivity contribution in [1.29, 1.82) is 0 Å². The molecule has 0 unspecified atom stereocenters. The molecule has 1 fully saturated rings. The fourth-order valence-electron chi connectivity index (χ4n) is 1.44. The molecule has 1 aliphatic rings. The fourth-order valence-corrected chi connectivity index (χ4v) is 1.44. The normalized spacial score (nSPS) is 18.9. The van der Waals surface area contributed by atoms with E-state index in [-0.39, 0.29) is 13.1 Å². The second-order valence-corrected chi connectivity index (χ2v) is 5.08. The van der Waals surface area contributed by atoms with Gasteiger partial charge in [-0.25, -0.2) is 4.79 Å². The van der Waals surface area contributed by atoms with Crippen LogP contribution >= 0.6 is 0 Å². The van der Waals surface area contributed by atoms with Crippen molar-refractivity contribution in [3.8, 4) is 0 Å². The van der Waals surface area contributed by atoms with Gasteiger partial charge in [-0.1, -0.05) is 0 Å². The Hall–Kier alpha value is -1.30. The Morgan fingerprint density at radius 2 is 1.88 bits per heavy atom. The third kappa shape index (κ3) is 2.44. The van der Waals surface area contributed by atoms with Crippen molar-refractivity contribution >= 4 is 12.1 Å². The minimum atomic E-state index is -1.21. The summed E-state index contributed by atoms with van der Waals surface area (Å²) in [5, 5.41) is 17.9. The fraction of sp³-hybridized carbons (Fsp3) is 0.800. The van der Waals surface area contributed by atoms with Gasteiger partial charge < -0.3 is 19.8 Å². The SMILES string of the molecule is CC(C)(C)OC(=O)N1CC(CO)(C(=O)O)C1. The molecule has 1 saturated heterocycles. The van der Waals surface area contributed by atoms with Crippen LogP contribution in [0, 0.1) is 5.41 Å². The molecule has 1 aliphatic heterocycles. The summed E-state index contributed by atoms with van der Waals surface area (Å²) in [6.07, 6.45) is -0.544. The van der Waals surface area contributed by atoms with Crippen LogP contribution < -0.4 is 0 Å². The first-order valence-corrected chi connectivity index (χ1v) is 5.02. The van der Waals surface area contributed by atoms with Crippen molar-refractivity contribution in [2.75, 3.05) is 19.7 Å². The van der Waals surface area contributed by atoms with Gasteiger partial charge in [0.1, 0.15) is 11.0 Å². The maximum absolute atomic E-state index is 11.5. The molecule has 0 aromatic carbocycles. The van der Waals surface area contributed by atoms with E-state index in [0.717, 1.165) is 0 Å². The van der Waals surface area contributed by atoms with E-state index in [9.17, 15) is 9.59 Å². The van der Waals surface area contributed by atoms with Crippen molar-refractivity contribution in [3.63, 3.8) is 0 Å². The number of carboxylic acid groups (broad SMARTS) is 1. The van der Waals surface area contributed by atoms with Crippen LogP contribution in [-0.4, -0.2) is 52.5 Å². The molecule has 16 heavy (non-hydrogen) atoms. The molecule has 1 rings (SSSR count). The van der Waals surface area contributed by atoms with Gasteiger partial charge in [0.2, 0.25) is 0 Å². The summed E-state index contributed by atoms with van der Waals surface area (Å²) < 4.78 is 5.07. The van der Waals surface area contributed by atoms with E-state index in [1.807, 2.05) is 0 Å². The molecule has 0 aliphatic carbocycles. The van der Waals surface area contributed by atoms with Crippen LogP contribution in [0.4, 0.5) is 4.79 Å². The third-order valence-corrected chi connectivity index (χ3v) is 2.40. The van der Waals surface area contributed by atoms with E-state index in [0.29, 0.717) is 0 Å². The van der Waals surface area contributed by atoms with Crippen molar-refractivity contribution in [1.82, 2.24) is 4.90 Å². The van der Waals surface area contributed by atoms with Crippen LogP contribution in [0.5, 0.6) is 0 Å². The lowest BCUT2D eigenvalue weighted by atomic mass is 9.81. The highest BCUT2D eigenvalue weighted by molar-refractivity contribution is 5.80. The number of likely N-dealkylation sites (tertiary alicyclic amines) is 1. The number of aliphatic hydroxyl groups is 1. The Morgan fingerprint density at radius 3 is 2.19 bits per heavy atom. The Labute approximate surface area is 93.8 Å². The topological polar surface area (TPSA) is 87.1 Å². The molecule has 6 heteroatoms. The van der Waals surface area contributed by atoms with Crippen LogP contribution in [0.2, 0.25) is 0 Å². The molecular formula is C10H17NO5. The second-order valence-electron chi connectivity index (χ2n) is 5.08. The average Bonchev–Trinajstić information content (AvgIpc) is 1.98. The van der Waals surface area contributed by atoms with E-state index in [1.54, 1.807) is 20.8 Å². The monoisotopic (exact) mass is 231 g/mol. The number of amides is 1. The molecule has 0 atom stereocenters. The summed E-state index contributed by atoms with van der Waals surface area (Å²) in [6.45, 7) is 4.73. The van der Waals surface area contributed by atoms with Crippen molar-refractivity contribution in [3.05, 3.63) is 0 Å². The Bertz CT molecular complexity index is 301. The van der Waals surface area contributed by atoms with Gasteiger partial charge in [0, 0.05) is 13.1 Å². The van der Waals surface area contributed by atoms with Gasteiger partial charge >= 0.3 is 12.1 Å². The number of carbonyl (C=O) groups excluding carboxylic acids is 1. The van der Waals surface area contributed by atoms with E-state index < -0.39 is 29.7 Å². The lowest BCUT2D eigenvalue weighted by molar-refractivity contribution is -0.163. The number of aliphatic hydroxyl groups excluding tert-OH is 1. The molecule has 0 aromatic heterocycles. The van der Waals surface area contributed by atoms with Gasteiger partial charge in [-0.2, -0.15) is 0 Å². The number of rotatable bonds is 2. The molecular weight excluding hydrogens is 214 g/mol. The van der Waals surface area contributed by atoms with E-state index in [4.69, 9.17) is 14.9 Å². The van der Waals surface area contributed by atoms with Crippen LogP contribution in [0.15, 0.2) is 0 Å². The minimum Gasteiger partial charge on any atom is -0.481 e. The molecule has 0 bridgehead atoms. The Balaban J connectivity index is 2.52. The lowest BCUT2D eigenvalue weighted by Gasteiger charge is -2.45. The van der Waals surface area contributed by atoms with Crippen molar-refractivity contribution in [2.24, 2.45) is 5.41 Å². The number of nitrogens with zero attached hydrogens (tertiary/aromatic N) is 1. The van der Waals surface area contributed by atoms with Gasteiger partial charge in [-0.3, -0.25) is 4.79 Å². The molecule has 1 amide bonds. The molecule has 92 valence electrons. The second kappa shape index (κ2) is 3.93. The van der Waals surface area contributed by atoms with Gasteiger partial charge in [0.25, 0.3) is 0 Å². The van der Waals surface area contributed by atoms with Gasteiger partial charge in [0.15, 0.2) is 0 Å². The molecule has 6 nitrogen and oxygen atoms in total. The summed E-state index contributed by atoms with van der Waals surface area (Å²) in [6, 6.07) is 0.